The van der Waals surface area contributed by atoms with Crippen LogP contribution in [-0.4, -0.2) is 30.7 Å². The van der Waals surface area contributed by atoms with Crippen LogP contribution in [0.3, 0.4) is 0 Å². The lowest BCUT2D eigenvalue weighted by Gasteiger charge is -2.39. The van der Waals surface area contributed by atoms with Crippen molar-refractivity contribution in [3.05, 3.63) is 36.0 Å². The van der Waals surface area contributed by atoms with Crippen LogP contribution in [0.5, 0.6) is 0 Å². The van der Waals surface area contributed by atoms with Crippen LogP contribution in [0, 0.1) is 5.92 Å². The highest BCUT2D eigenvalue weighted by Gasteiger charge is 2.34. The number of hydrogen-bond acceptors (Lipinski definition) is 3. The van der Waals surface area contributed by atoms with Crippen LogP contribution in [0.15, 0.2) is 30.5 Å². The second-order valence-corrected chi connectivity index (χ2v) is 9.40. The summed E-state index contributed by atoms with van der Waals surface area (Å²) in [7, 11) is 0. The van der Waals surface area contributed by atoms with E-state index in [0.717, 1.165) is 31.7 Å². The summed E-state index contributed by atoms with van der Waals surface area (Å²) >= 11 is 0. The highest BCUT2D eigenvalue weighted by atomic mass is 19.4. The minimum absolute atomic E-state index is 0.0409. The number of hydrogen-bond donors (Lipinski definition) is 1. The van der Waals surface area contributed by atoms with Gasteiger partial charge in [-0.15, -0.1) is 0 Å². The Kier molecular flexibility index (Phi) is 9.21. The van der Waals surface area contributed by atoms with Gasteiger partial charge in [0.25, 0.3) is 0 Å². The van der Waals surface area contributed by atoms with E-state index in [-0.39, 0.29) is 5.52 Å². The lowest BCUT2D eigenvalue weighted by Crippen LogP contribution is -2.49. The van der Waals surface area contributed by atoms with Crippen LogP contribution in [0.4, 0.5) is 18.9 Å². The highest BCUT2D eigenvalue weighted by molar-refractivity contribution is 5.94. The van der Waals surface area contributed by atoms with Crippen molar-refractivity contribution in [2.45, 2.75) is 83.9 Å². The molecule has 3 nitrogen and oxygen atoms in total. The fourth-order valence-corrected chi connectivity index (χ4v) is 4.92. The first-order valence-electron chi connectivity index (χ1n) is 12.3. The van der Waals surface area contributed by atoms with Gasteiger partial charge in [0.2, 0.25) is 0 Å². The second kappa shape index (κ2) is 11.9. The number of rotatable bonds is 11. The van der Waals surface area contributed by atoms with Crippen molar-refractivity contribution in [1.82, 2.24) is 10.3 Å². The van der Waals surface area contributed by atoms with Gasteiger partial charge in [-0.05, 0) is 49.6 Å². The van der Waals surface area contributed by atoms with Gasteiger partial charge < -0.3 is 10.2 Å². The van der Waals surface area contributed by atoms with Gasteiger partial charge in [0.1, 0.15) is 0 Å². The molecule has 32 heavy (non-hydrogen) atoms. The van der Waals surface area contributed by atoms with Crippen LogP contribution in [-0.2, 0) is 6.18 Å². The predicted octanol–water partition coefficient (Wildman–Crippen LogP) is 7.20. The van der Waals surface area contributed by atoms with E-state index >= 15 is 0 Å². The molecule has 0 amide bonds. The first-order valence-corrected chi connectivity index (χ1v) is 12.3. The molecule has 0 saturated carbocycles. The Morgan fingerprint density at radius 3 is 2.44 bits per heavy atom. The van der Waals surface area contributed by atoms with Crippen molar-refractivity contribution in [3.8, 4) is 0 Å². The standard InChI is InChI=1S/C26H38F3N3/c1-3-4-5-6-7-8-9-10-15-30-21-17-20(2)18-32(19-21)24-14-13-23(26(27,28)29)25-22(24)12-11-16-31-25/h11-14,16,20-21,30H,3-10,15,17-19H2,1-2H3/t20-,21+/m0/s1. The van der Waals surface area contributed by atoms with E-state index in [4.69, 9.17) is 0 Å². The number of nitrogens with zero attached hydrogens (tertiary/aromatic N) is 2. The Balaban J connectivity index is 1.57. The molecule has 2 aromatic rings. The van der Waals surface area contributed by atoms with E-state index in [1.54, 1.807) is 18.2 Å². The molecular weight excluding hydrogens is 411 g/mol. The van der Waals surface area contributed by atoms with Crippen molar-refractivity contribution < 1.29 is 13.2 Å². The minimum Gasteiger partial charge on any atom is -0.369 e. The molecule has 3 rings (SSSR count). The molecule has 1 N–H and O–H groups in total. The molecule has 1 aromatic heterocycles. The van der Waals surface area contributed by atoms with Crippen molar-refractivity contribution >= 4 is 16.6 Å². The first-order chi connectivity index (χ1) is 15.4. The molecule has 0 aliphatic carbocycles. The smallest absolute Gasteiger partial charge is 0.369 e. The van der Waals surface area contributed by atoms with Crippen LogP contribution >= 0.6 is 0 Å². The maximum Gasteiger partial charge on any atom is 0.418 e. The van der Waals surface area contributed by atoms with E-state index in [1.165, 1.54) is 63.6 Å². The van der Waals surface area contributed by atoms with E-state index in [2.05, 4.69) is 29.0 Å². The Morgan fingerprint density at radius 1 is 1.00 bits per heavy atom. The van der Waals surface area contributed by atoms with Crippen molar-refractivity contribution in [1.29, 1.82) is 0 Å². The number of unbranched alkanes of at least 4 members (excludes halogenated alkanes) is 7. The summed E-state index contributed by atoms with van der Waals surface area (Å²) in [5, 5.41) is 4.29. The summed E-state index contributed by atoms with van der Waals surface area (Å²) in [5.41, 5.74) is 0.233. The topological polar surface area (TPSA) is 28.2 Å². The number of benzene rings is 1. The third-order valence-electron chi connectivity index (χ3n) is 6.52. The van der Waals surface area contributed by atoms with E-state index in [9.17, 15) is 13.2 Å². The molecule has 6 heteroatoms. The van der Waals surface area contributed by atoms with Crippen molar-refractivity contribution in [2.75, 3.05) is 24.5 Å². The summed E-state index contributed by atoms with van der Waals surface area (Å²) < 4.78 is 40.4. The largest absolute Gasteiger partial charge is 0.418 e. The zero-order valence-electron chi connectivity index (χ0n) is 19.6. The number of fused-ring (bicyclic) bond motifs is 1. The van der Waals surface area contributed by atoms with Gasteiger partial charge in [0.05, 0.1) is 11.1 Å². The molecule has 1 saturated heterocycles. The van der Waals surface area contributed by atoms with Crippen LogP contribution in [0.2, 0.25) is 0 Å². The monoisotopic (exact) mass is 449 g/mol. The molecule has 0 radical (unpaired) electrons. The molecule has 2 heterocycles. The summed E-state index contributed by atoms with van der Waals surface area (Å²) in [6, 6.07) is 6.65. The van der Waals surface area contributed by atoms with Crippen molar-refractivity contribution in [2.24, 2.45) is 5.92 Å². The summed E-state index contributed by atoms with van der Waals surface area (Å²) in [6.07, 6.45) is 8.59. The van der Waals surface area contributed by atoms with E-state index in [0.29, 0.717) is 17.3 Å². The molecule has 1 aromatic carbocycles. The van der Waals surface area contributed by atoms with Crippen LogP contribution in [0.25, 0.3) is 10.9 Å². The first kappa shape index (κ1) is 24.8. The zero-order valence-corrected chi connectivity index (χ0v) is 19.6. The van der Waals surface area contributed by atoms with Gasteiger partial charge >= 0.3 is 6.18 Å². The number of pyridine rings is 1. The zero-order chi connectivity index (χ0) is 23.0. The molecule has 178 valence electrons. The number of aromatic nitrogens is 1. The molecule has 2 atom stereocenters. The molecule has 1 aliphatic heterocycles. The third-order valence-corrected chi connectivity index (χ3v) is 6.52. The fourth-order valence-electron chi connectivity index (χ4n) is 4.92. The van der Waals surface area contributed by atoms with Crippen LogP contribution < -0.4 is 10.2 Å². The number of anilines is 1. The number of piperidine rings is 1. The lowest BCUT2D eigenvalue weighted by atomic mass is 9.94. The Bertz CT molecular complexity index is 837. The summed E-state index contributed by atoms with van der Waals surface area (Å²) in [4.78, 5) is 6.32. The SMILES string of the molecule is CCCCCCCCCCN[C@@H]1C[C@H](C)CN(c2ccc(C(F)(F)F)c3ncccc23)C1. The van der Waals surface area contributed by atoms with Gasteiger partial charge in [-0.3, -0.25) is 4.98 Å². The van der Waals surface area contributed by atoms with Crippen LogP contribution in [0.1, 0.15) is 77.2 Å². The number of halogens is 3. The Morgan fingerprint density at radius 2 is 1.72 bits per heavy atom. The van der Waals surface area contributed by atoms with Gasteiger partial charge in [-0.1, -0.05) is 58.8 Å². The van der Waals surface area contributed by atoms with Gasteiger partial charge in [0, 0.05) is 36.4 Å². The highest BCUT2D eigenvalue weighted by Crippen LogP contribution is 2.38. The molecule has 0 spiro atoms. The lowest BCUT2D eigenvalue weighted by molar-refractivity contribution is -0.136. The van der Waals surface area contributed by atoms with E-state index in [1.807, 2.05) is 0 Å². The van der Waals surface area contributed by atoms with Gasteiger partial charge in [-0.25, -0.2) is 0 Å². The predicted molar refractivity (Wildman–Crippen MR) is 127 cm³/mol. The maximum atomic E-state index is 13.5. The van der Waals surface area contributed by atoms with Gasteiger partial charge in [0.15, 0.2) is 0 Å². The Hall–Kier alpha value is -1.82. The third kappa shape index (κ3) is 6.84. The Labute approximate surface area is 190 Å². The number of nitrogens with one attached hydrogen (secondary N) is 1. The van der Waals surface area contributed by atoms with E-state index < -0.39 is 11.7 Å². The summed E-state index contributed by atoms with van der Waals surface area (Å²) in [6.45, 7) is 7.15. The second-order valence-electron chi connectivity index (χ2n) is 9.40. The maximum absolute atomic E-state index is 13.5. The number of alkyl halides is 3. The molecule has 0 unspecified atom stereocenters. The molecule has 1 fully saturated rings. The molecule has 1 aliphatic rings. The van der Waals surface area contributed by atoms with Gasteiger partial charge in [-0.2, -0.15) is 13.2 Å². The van der Waals surface area contributed by atoms with Crippen molar-refractivity contribution in [3.63, 3.8) is 0 Å². The average molecular weight is 450 g/mol. The quantitative estimate of drug-likeness (QED) is 0.368. The molecule has 0 bridgehead atoms. The summed E-state index contributed by atoms with van der Waals surface area (Å²) in [5.74, 6) is 0.480. The fraction of sp³-hybridized carbons (Fsp3) is 0.654. The minimum atomic E-state index is -4.40. The average Bonchev–Trinajstić information content (AvgIpc) is 2.76. The normalized spacial score (nSPS) is 19.6. The molecular formula is C26H38F3N3.